The Labute approximate surface area is 185 Å². The molecule has 0 aromatic rings. The third-order valence-electron chi connectivity index (χ3n) is 4.94. The molecule has 0 aliphatic carbocycles. The minimum Gasteiger partial charge on any atom is -0.463 e. The standard InChI is InChI=1S/C23H38O8/c1-8-23(7,11-9-10-14(2)3)31-22-21(29-16(6)24)20(27)19(26)17(30-22)13-28-18(25)12-15(4)5/h8,10,15,17,19-22,26-27H,1,9,11-13H2,2-7H3/t17-,19-,20+,21-,22+,23-/m1/s1. The minimum absolute atomic E-state index is 0.119. The molecule has 0 bridgehead atoms. The number of hydrogen-bond acceptors (Lipinski definition) is 8. The van der Waals surface area contributed by atoms with Crippen molar-refractivity contribution in [2.45, 2.75) is 97.1 Å². The van der Waals surface area contributed by atoms with E-state index in [1.165, 1.54) is 12.5 Å². The van der Waals surface area contributed by atoms with Gasteiger partial charge in [-0.15, -0.1) is 6.58 Å². The van der Waals surface area contributed by atoms with E-state index >= 15 is 0 Å². The lowest BCUT2D eigenvalue weighted by molar-refractivity contribution is -0.322. The fraction of sp³-hybridized carbons (Fsp3) is 0.739. The second-order valence-corrected chi connectivity index (χ2v) is 8.83. The van der Waals surface area contributed by atoms with Crippen LogP contribution in [0.15, 0.2) is 24.3 Å². The third-order valence-corrected chi connectivity index (χ3v) is 4.94. The molecular formula is C23H38O8. The number of ether oxygens (including phenoxy) is 4. The summed E-state index contributed by atoms with van der Waals surface area (Å²) in [6, 6.07) is 0. The number of aliphatic hydroxyl groups is 2. The van der Waals surface area contributed by atoms with Crippen LogP contribution >= 0.6 is 0 Å². The molecule has 8 nitrogen and oxygen atoms in total. The van der Waals surface area contributed by atoms with Crippen molar-refractivity contribution in [1.29, 1.82) is 0 Å². The summed E-state index contributed by atoms with van der Waals surface area (Å²) in [7, 11) is 0. The fourth-order valence-electron chi connectivity index (χ4n) is 3.14. The first kappa shape index (κ1) is 27.3. The van der Waals surface area contributed by atoms with Crippen molar-refractivity contribution in [3.63, 3.8) is 0 Å². The molecule has 178 valence electrons. The predicted octanol–water partition coefficient (Wildman–Crippen LogP) is 2.66. The molecule has 1 aliphatic rings. The summed E-state index contributed by atoms with van der Waals surface area (Å²) in [4.78, 5) is 23.5. The van der Waals surface area contributed by atoms with Gasteiger partial charge in [-0.1, -0.05) is 31.6 Å². The van der Waals surface area contributed by atoms with Crippen molar-refractivity contribution in [3.05, 3.63) is 24.3 Å². The molecule has 0 amide bonds. The van der Waals surface area contributed by atoms with Gasteiger partial charge in [0.25, 0.3) is 0 Å². The Morgan fingerprint density at radius 1 is 1.19 bits per heavy atom. The maximum absolute atomic E-state index is 11.9. The highest BCUT2D eigenvalue weighted by atomic mass is 16.7. The van der Waals surface area contributed by atoms with E-state index in [1.54, 1.807) is 6.08 Å². The second kappa shape index (κ2) is 12.3. The number of carbonyl (C=O) groups is 2. The van der Waals surface area contributed by atoms with Gasteiger partial charge >= 0.3 is 11.9 Å². The smallest absolute Gasteiger partial charge is 0.306 e. The van der Waals surface area contributed by atoms with Crippen LogP contribution in [0.4, 0.5) is 0 Å². The number of esters is 2. The van der Waals surface area contributed by atoms with Gasteiger partial charge in [0, 0.05) is 13.3 Å². The quantitative estimate of drug-likeness (QED) is 0.371. The van der Waals surface area contributed by atoms with Gasteiger partial charge in [-0.25, -0.2) is 0 Å². The first-order valence-electron chi connectivity index (χ1n) is 10.7. The van der Waals surface area contributed by atoms with Crippen molar-refractivity contribution in [2.75, 3.05) is 6.61 Å². The van der Waals surface area contributed by atoms with E-state index in [1.807, 2.05) is 34.6 Å². The van der Waals surface area contributed by atoms with Gasteiger partial charge in [0.05, 0.1) is 5.60 Å². The third kappa shape index (κ3) is 9.11. The van der Waals surface area contributed by atoms with Crippen LogP contribution in [0, 0.1) is 5.92 Å². The molecule has 0 radical (unpaired) electrons. The first-order valence-corrected chi connectivity index (χ1v) is 10.7. The molecule has 1 aliphatic heterocycles. The summed E-state index contributed by atoms with van der Waals surface area (Å²) in [6.07, 6.45) is -1.21. The number of rotatable bonds is 11. The number of allylic oxidation sites excluding steroid dienone is 2. The Balaban J connectivity index is 2.98. The molecule has 6 atom stereocenters. The Hall–Kier alpha value is -1.74. The summed E-state index contributed by atoms with van der Waals surface area (Å²) in [5, 5.41) is 21.0. The van der Waals surface area contributed by atoms with E-state index < -0.39 is 48.2 Å². The number of hydrogen-bond donors (Lipinski definition) is 2. The van der Waals surface area contributed by atoms with Gasteiger partial charge < -0.3 is 29.2 Å². The van der Waals surface area contributed by atoms with E-state index in [0.717, 1.165) is 6.42 Å². The highest BCUT2D eigenvalue weighted by Gasteiger charge is 2.49. The van der Waals surface area contributed by atoms with E-state index in [4.69, 9.17) is 18.9 Å². The first-order chi connectivity index (χ1) is 14.4. The molecule has 8 heteroatoms. The zero-order valence-corrected chi connectivity index (χ0v) is 19.5. The number of aliphatic hydroxyl groups excluding tert-OH is 2. The average Bonchev–Trinajstić information content (AvgIpc) is 2.65. The Bertz CT molecular complexity index is 639. The lowest BCUT2D eigenvalue weighted by atomic mass is 9.96. The highest BCUT2D eigenvalue weighted by Crippen LogP contribution is 2.31. The minimum atomic E-state index is -1.48. The summed E-state index contributed by atoms with van der Waals surface area (Å²) in [5.41, 5.74) is 0.315. The molecule has 0 saturated carbocycles. The maximum Gasteiger partial charge on any atom is 0.306 e. The summed E-state index contributed by atoms with van der Waals surface area (Å²) in [5.74, 6) is -0.966. The predicted molar refractivity (Wildman–Crippen MR) is 115 cm³/mol. The molecule has 0 unspecified atom stereocenters. The Kier molecular flexibility index (Phi) is 10.9. The van der Waals surface area contributed by atoms with Gasteiger partial charge in [0.15, 0.2) is 12.4 Å². The van der Waals surface area contributed by atoms with Crippen LogP contribution in [0.1, 0.15) is 60.8 Å². The van der Waals surface area contributed by atoms with E-state index in [0.29, 0.717) is 6.42 Å². The zero-order valence-electron chi connectivity index (χ0n) is 19.5. The molecule has 31 heavy (non-hydrogen) atoms. The molecule has 1 rings (SSSR count). The van der Waals surface area contributed by atoms with Crippen molar-refractivity contribution in [2.24, 2.45) is 5.92 Å². The highest BCUT2D eigenvalue weighted by molar-refractivity contribution is 5.69. The zero-order chi connectivity index (χ0) is 23.8. The van der Waals surface area contributed by atoms with Crippen molar-refractivity contribution < 1.29 is 38.7 Å². The van der Waals surface area contributed by atoms with E-state index in [2.05, 4.69) is 12.7 Å². The van der Waals surface area contributed by atoms with Crippen LogP contribution in [-0.4, -0.2) is 65.1 Å². The molecule has 0 aromatic carbocycles. The molecular weight excluding hydrogens is 404 g/mol. The SMILES string of the molecule is C=C[C@](C)(CCC=C(C)C)O[C@@H]1O[C@H](COC(=O)CC(C)C)[C@@H](O)[C@H](O)[C@H]1OC(C)=O. The summed E-state index contributed by atoms with van der Waals surface area (Å²) >= 11 is 0. The normalized spacial score (nSPS) is 27.8. The van der Waals surface area contributed by atoms with Gasteiger partial charge in [0.2, 0.25) is 0 Å². The molecule has 1 heterocycles. The molecule has 1 saturated heterocycles. The van der Waals surface area contributed by atoms with Crippen LogP contribution in [-0.2, 0) is 28.5 Å². The average molecular weight is 443 g/mol. The van der Waals surface area contributed by atoms with Gasteiger partial charge in [-0.05, 0) is 39.5 Å². The van der Waals surface area contributed by atoms with Crippen molar-refractivity contribution in [3.8, 4) is 0 Å². The monoisotopic (exact) mass is 442 g/mol. The largest absolute Gasteiger partial charge is 0.463 e. The van der Waals surface area contributed by atoms with Crippen LogP contribution in [0.2, 0.25) is 0 Å². The van der Waals surface area contributed by atoms with E-state index in [9.17, 15) is 19.8 Å². The van der Waals surface area contributed by atoms with Crippen molar-refractivity contribution >= 4 is 11.9 Å². The molecule has 1 fully saturated rings. The Morgan fingerprint density at radius 2 is 1.84 bits per heavy atom. The fourth-order valence-corrected chi connectivity index (χ4v) is 3.14. The van der Waals surface area contributed by atoms with Crippen LogP contribution < -0.4 is 0 Å². The van der Waals surface area contributed by atoms with Gasteiger partial charge in [0.1, 0.15) is 24.9 Å². The van der Waals surface area contributed by atoms with Crippen LogP contribution in [0.25, 0.3) is 0 Å². The number of carbonyl (C=O) groups excluding carboxylic acids is 2. The molecule has 0 aromatic heterocycles. The maximum atomic E-state index is 11.9. The Morgan fingerprint density at radius 3 is 2.35 bits per heavy atom. The molecule has 0 spiro atoms. The van der Waals surface area contributed by atoms with E-state index in [-0.39, 0.29) is 18.9 Å². The second-order valence-electron chi connectivity index (χ2n) is 8.83. The summed E-state index contributed by atoms with van der Waals surface area (Å²) < 4.78 is 22.3. The topological polar surface area (TPSA) is 112 Å². The summed E-state index contributed by atoms with van der Waals surface area (Å²) in [6.45, 7) is 14.3. The van der Waals surface area contributed by atoms with Crippen LogP contribution in [0.3, 0.4) is 0 Å². The van der Waals surface area contributed by atoms with Gasteiger partial charge in [-0.3, -0.25) is 9.59 Å². The lowest BCUT2D eigenvalue weighted by Crippen LogP contribution is -2.61. The van der Waals surface area contributed by atoms with Crippen LogP contribution in [0.5, 0.6) is 0 Å². The molecule has 2 N–H and O–H groups in total. The lowest BCUT2D eigenvalue weighted by Gasteiger charge is -2.44. The van der Waals surface area contributed by atoms with Crippen molar-refractivity contribution in [1.82, 2.24) is 0 Å². The van der Waals surface area contributed by atoms with Gasteiger partial charge in [-0.2, -0.15) is 0 Å².